The van der Waals surface area contributed by atoms with Gasteiger partial charge in [-0.1, -0.05) is 36.0 Å². The minimum absolute atomic E-state index is 0.166. The summed E-state index contributed by atoms with van der Waals surface area (Å²) in [7, 11) is 1.63. The van der Waals surface area contributed by atoms with E-state index in [4.69, 9.17) is 9.72 Å². The second kappa shape index (κ2) is 8.72. The monoisotopic (exact) mass is 414 g/mol. The number of anilines is 1. The molecule has 3 aromatic carbocycles. The van der Waals surface area contributed by atoms with Crippen LogP contribution in [0, 0.1) is 11.3 Å². The predicted molar refractivity (Wildman–Crippen MR) is 118 cm³/mol. The summed E-state index contributed by atoms with van der Waals surface area (Å²) in [5.41, 5.74) is 3.68. The van der Waals surface area contributed by atoms with Crippen LogP contribution in [0.4, 0.5) is 5.69 Å². The molecule has 0 saturated carbocycles. The van der Waals surface area contributed by atoms with Crippen molar-refractivity contribution in [3.63, 3.8) is 0 Å². The van der Waals surface area contributed by atoms with Crippen molar-refractivity contribution in [3.8, 4) is 17.5 Å². The van der Waals surface area contributed by atoms with Gasteiger partial charge in [-0.2, -0.15) is 5.26 Å². The Morgan fingerprint density at radius 1 is 1.10 bits per heavy atom. The molecule has 0 unspecified atom stereocenters. The lowest BCUT2D eigenvalue weighted by atomic mass is 10.2. The molecule has 7 heteroatoms. The van der Waals surface area contributed by atoms with Gasteiger partial charge < -0.3 is 10.1 Å². The zero-order chi connectivity index (χ0) is 20.9. The van der Waals surface area contributed by atoms with Gasteiger partial charge in [0.25, 0.3) is 0 Å². The third kappa shape index (κ3) is 4.00. The third-order valence-corrected chi connectivity index (χ3v) is 5.45. The molecule has 0 fully saturated rings. The molecule has 148 valence electrons. The molecule has 4 aromatic rings. The normalized spacial score (nSPS) is 10.5. The molecule has 0 radical (unpaired) electrons. The number of amides is 1. The van der Waals surface area contributed by atoms with Crippen LogP contribution >= 0.6 is 11.8 Å². The smallest absolute Gasteiger partial charge is 0.234 e. The highest BCUT2D eigenvalue weighted by atomic mass is 32.2. The van der Waals surface area contributed by atoms with E-state index in [1.807, 2.05) is 53.1 Å². The number of nitrogens with zero attached hydrogens (tertiary/aromatic N) is 3. The largest absolute Gasteiger partial charge is 0.497 e. The molecule has 0 aliphatic rings. The first-order valence-corrected chi connectivity index (χ1v) is 10.2. The fourth-order valence-electron chi connectivity index (χ4n) is 3.09. The highest BCUT2D eigenvalue weighted by molar-refractivity contribution is 7.99. The van der Waals surface area contributed by atoms with Gasteiger partial charge >= 0.3 is 0 Å². The number of carbonyl (C=O) groups excluding carboxylic acids is 1. The minimum Gasteiger partial charge on any atom is -0.497 e. The first kappa shape index (κ1) is 19.6. The number of methoxy groups -OCH3 is 1. The number of hydrogen-bond donors (Lipinski definition) is 1. The molecular formula is C23H18N4O2S. The fraction of sp³-hybridized carbons (Fsp3) is 0.0870. The number of hydrogen-bond acceptors (Lipinski definition) is 5. The number of para-hydroxylation sites is 3. The Morgan fingerprint density at radius 3 is 2.60 bits per heavy atom. The van der Waals surface area contributed by atoms with E-state index in [-0.39, 0.29) is 11.7 Å². The number of thioether (sulfide) groups is 1. The first-order valence-electron chi connectivity index (χ1n) is 9.23. The average molecular weight is 414 g/mol. The number of nitriles is 1. The van der Waals surface area contributed by atoms with Crippen LogP contribution in [-0.2, 0) is 4.79 Å². The van der Waals surface area contributed by atoms with Crippen molar-refractivity contribution in [1.29, 1.82) is 5.26 Å². The number of imidazole rings is 1. The molecule has 0 aliphatic heterocycles. The summed E-state index contributed by atoms with van der Waals surface area (Å²) in [5.74, 6) is 0.739. The van der Waals surface area contributed by atoms with Crippen LogP contribution in [0.25, 0.3) is 16.7 Å². The van der Waals surface area contributed by atoms with Crippen LogP contribution in [0.3, 0.4) is 0 Å². The van der Waals surface area contributed by atoms with E-state index in [0.29, 0.717) is 16.4 Å². The van der Waals surface area contributed by atoms with E-state index in [1.54, 1.807) is 31.4 Å². The Bertz CT molecular complexity index is 1240. The van der Waals surface area contributed by atoms with Crippen molar-refractivity contribution < 1.29 is 9.53 Å². The van der Waals surface area contributed by atoms with Gasteiger partial charge in [0.05, 0.1) is 35.1 Å². The summed E-state index contributed by atoms with van der Waals surface area (Å²) >= 11 is 1.34. The Kier molecular flexibility index (Phi) is 5.68. The maximum Gasteiger partial charge on any atom is 0.234 e. The number of benzene rings is 3. The molecule has 30 heavy (non-hydrogen) atoms. The zero-order valence-corrected chi connectivity index (χ0v) is 17.0. The summed E-state index contributed by atoms with van der Waals surface area (Å²) in [4.78, 5) is 17.2. The van der Waals surface area contributed by atoms with E-state index in [0.717, 1.165) is 22.5 Å². The number of aromatic nitrogens is 2. The highest BCUT2D eigenvalue weighted by Crippen LogP contribution is 2.29. The summed E-state index contributed by atoms with van der Waals surface area (Å²) < 4.78 is 7.28. The van der Waals surface area contributed by atoms with Crippen molar-refractivity contribution in [2.75, 3.05) is 18.2 Å². The Morgan fingerprint density at radius 2 is 1.83 bits per heavy atom. The molecule has 6 nitrogen and oxygen atoms in total. The minimum atomic E-state index is -0.198. The molecule has 0 aliphatic carbocycles. The number of rotatable bonds is 6. The van der Waals surface area contributed by atoms with Gasteiger partial charge in [0, 0.05) is 5.69 Å². The number of ether oxygens (including phenoxy) is 1. The standard InChI is InChI=1S/C23H18N4O2S/c1-29-18-12-10-17(11-13-18)27-21-9-5-4-8-20(21)26-23(27)30-15-22(28)25-19-7-3-2-6-16(19)14-24/h2-13H,15H2,1H3,(H,25,28). The summed E-state index contributed by atoms with van der Waals surface area (Å²) in [6, 6.07) is 24.6. The van der Waals surface area contributed by atoms with Crippen molar-refractivity contribution in [3.05, 3.63) is 78.4 Å². The fourth-order valence-corrected chi connectivity index (χ4v) is 3.92. The first-order chi connectivity index (χ1) is 14.7. The lowest BCUT2D eigenvalue weighted by Crippen LogP contribution is -2.15. The number of fused-ring (bicyclic) bond motifs is 1. The molecule has 0 atom stereocenters. The van der Waals surface area contributed by atoms with Crippen LogP contribution in [0.1, 0.15) is 5.56 Å². The molecular weight excluding hydrogens is 396 g/mol. The second-order valence-electron chi connectivity index (χ2n) is 6.41. The third-order valence-electron chi connectivity index (χ3n) is 4.51. The van der Waals surface area contributed by atoms with Crippen LogP contribution in [-0.4, -0.2) is 28.3 Å². The molecule has 0 saturated heterocycles. The Labute approximate surface area is 178 Å². The predicted octanol–water partition coefficient (Wildman–Crippen LogP) is 4.64. The molecule has 1 heterocycles. The van der Waals surface area contributed by atoms with E-state index >= 15 is 0 Å². The average Bonchev–Trinajstić information content (AvgIpc) is 3.16. The second-order valence-corrected chi connectivity index (χ2v) is 7.35. The summed E-state index contributed by atoms with van der Waals surface area (Å²) in [6.45, 7) is 0. The highest BCUT2D eigenvalue weighted by Gasteiger charge is 2.15. The Balaban J connectivity index is 1.59. The van der Waals surface area contributed by atoms with E-state index in [2.05, 4.69) is 11.4 Å². The van der Waals surface area contributed by atoms with Crippen molar-refractivity contribution in [2.45, 2.75) is 5.16 Å². The molecule has 1 amide bonds. The molecule has 1 aromatic heterocycles. The molecule has 0 bridgehead atoms. The Hall–Kier alpha value is -3.76. The van der Waals surface area contributed by atoms with Gasteiger partial charge in [0.15, 0.2) is 5.16 Å². The number of nitrogens with one attached hydrogen (secondary N) is 1. The lowest BCUT2D eigenvalue weighted by molar-refractivity contribution is -0.113. The summed E-state index contributed by atoms with van der Waals surface area (Å²) in [6.07, 6.45) is 0. The molecule has 0 spiro atoms. The lowest BCUT2D eigenvalue weighted by Gasteiger charge is -2.10. The van der Waals surface area contributed by atoms with E-state index in [9.17, 15) is 10.1 Å². The van der Waals surface area contributed by atoms with Crippen molar-refractivity contribution >= 4 is 34.4 Å². The zero-order valence-electron chi connectivity index (χ0n) is 16.2. The van der Waals surface area contributed by atoms with Crippen LogP contribution in [0.2, 0.25) is 0 Å². The van der Waals surface area contributed by atoms with Gasteiger partial charge in [-0.3, -0.25) is 9.36 Å². The van der Waals surface area contributed by atoms with Crippen molar-refractivity contribution in [1.82, 2.24) is 9.55 Å². The molecule has 4 rings (SSSR count). The quantitative estimate of drug-likeness (QED) is 0.465. The van der Waals surface area contributed by atoms with Crippen LogP contribution in [0.15, 0.2) is 78.0 Å². The molecule has 1 N–H and O–H groups in total. The maximum atomic E-state index is 12.5. The topological polar surface area (TPSA) is 79.9 Å². The van der Waals surface area contributed by atoms with Gasteiger partial charge in [-0.25, -0.2) is 4.98 Å². The van der Waals surface area contributed by atoms with Gasteiger partial charge in [-0.15, -0.1) is 0 Å². The van der Waals surface area contributed by atoms with Crippen LogP contribution < -0.4 is 10.1 Å². The van der Waals surface area contributed by atoms with Gasteiger partial charge in [0.2, 0.25) is 5.91 Å². The SMILES string of the molecule is COc1ccc(-n2c(SCC(=O)Nc3ccccc3C#N)nc3ccccc32)cc1. The summed E-state index contributed by atoms with van der Waals surface area (Å²) in [5, 5.41) is 12.7. The van der Waals surface area contributed by atoms with Crippen LogP contribution in [0.5, 0.6) is 5.75 Å². The maximum absolute atomic E-state index is 12.5. The number of carbonyl (C=O) groups is 1. The van der Waals surface area contributed by atoms with Crippen molar-refractivity contribution in [2.24, 2.45) is 0 Å². The van der Waals surface area contributed by atoms with E-state index in [1.165, 1.54) is 11.8 Å². The van der Waals surface area contributed by atoms with Gasteiger partial charge in [-0.05, 0) is 48.5 Å². The van der Waals surface area contributed by atoms with Gasteiger partial charge in [0.1, 0.15) is 11.8 Å². The van der Waals surface area contributed by atoms with E-state index < -0.39 is 0 Å².